The van der Waals surface area contributed by atoms with E-state index in [1.807, 2.05) is 12.3 Å². The number of hydrogen-bond donors (Lipinski definition) is 1. The van der Waals surface area contributed by atoms with Gasteiger partial charge >= 0.3 is 0 Å². The minimum atomic E-state index is 0.786. The Morgan fingerprint density at radius 3 is 3.11 bits per heavy atom. The van der Waals surface area contributed by atoms with Crippen LogP contribution in [0.15, 0.2) is 24.4 Å². The van der Waals surface area contributed by atoms with E-state index in [1.54, 1.807) is 0 Å². The lowest BCUT2D eigenvalue weighted by Gasteiger charge is -2.26. The van der Waals surface area contributed by atoms with Gasteiger partial charge in [-0.05, 0) is 43.5 Å². The van der Waals surface area contributed by atoms with Gasteiger partial charge < -0.3 is 5.32 Å². The molecule has 0 saturated carbocycles. The normalized spacial score (nSPS) is 31.7. The minimum Gasteiger partial charge on any atom is -0.316 e. The summed E-state index contributed by atoms with van der Waals surface area (Å²) in [6.07, 6.45) is 4.27. The third-order valence-electron chi connectivity index (χ3n) is 4.62. The topological polar surface area (TPSA) is 28.2 Å². The van der Waals surface area contributed by atoms with Crippen molar-refractivity contribution in [3.8, 4) is 0 Å². The van der Waals surface area contributed by atoms with Gasteiger partial charge in [0.05, 0.1) is 0 Å². The molecular weight excluding hydrogens is 222 g/mol. The number of likely N-dealkylation sites (tertiary alicyclic amines) is 1. The molecule has 3 heterocycles. The molecule has 0 amide bonds. The maximum Gasteiger partial charge on any atom is 0.0416 e. The molecule has 0 aromatic carbocycles. The Morgan fingerprint density at radius 1 is 1.39 bits per heavy atom. The van der Waals surface area contributed by atoms with E-state index in [0.717, 1.165) is 24.3 Å². The van der Waals surface area contributed by atoms with Gasteiger partial charge in [0.15, 0.2) is 0 Å². The first-order chi connectivity index (χ1) is 8.88. The molecule has 0 spiro atoms. The van der Waals surface area contributed by atoms with Crippen molar-refractivity contribution in [2.24, 2.45) is 11.8 Å². The number of rotatable bonds is 4. The lowest BCUT2D eigenvalue weighted by molar-refractivity contribution is 0.220. The van der Waals surface area contributed by atoms with Crippen LogP contribution < -0.4 is 5.32 Å². The van der Waals surface area contributed by atoms with Gasteiger partial charge in [0, 0.05) is 37.4 Å². The van der Waals surface area contributed by atoms with Crippen LogP contribution in [-0.4, -0.2) is 42.1 Å². The van der Waals surface area contributed by atoms with Gasteiger partial charge in [-0.25, -0.2) is 0 Å². The molecule has 3 unspecified atom stereocenters. The first kappa shape index (κ1) is 12.1. The molecule has 1 aromatic heterocycles. The molecule has 1 N–H and O–H groups in total. The first-order valence-corrected chi connectivity index (χ1v) is 7.23. The molecule has 3 rings (SSSR count). The zero-order valence-electron chi connectivity index (χ0n) is 11.2. The van der Waals surface area contributed by atoms with Gasteiger partial charge in [0.25, 0.3) is 0 Å². The average molecular weight is 245 g/mol. The maximum atomic E-state index is 4.42. The second-order valence-electron chi connectivity index (χ2n) is 5.62. The quantitative estimate of drug-likeness (QED) is 0.872. The monoisotopic (exact) mass is 245 g/mol. The molecule has 0 aliphatic carbocycles. The predicted molar refractivity (Wildman–Crippen MR) is 73.4 cm³/mol. The Labute approximate surface area is 110 Å². The van der Waals surface area contributed by atoms with Gasteiger partial charge in [0.1, 0.15) is 0 Å². The van der Waals surface area contributed by atoms with Crippen LogP contribution >= 0.6 is 0 Å². The highest BCUT2D eigenvalue weighted by atomic mass is 15.2. The molecule has 0 bridgehead atoms. The van der Waals surface area contributed by atoms with Crippen LogP contribution in [0.25, 0.3) is 0 Å². The average Bonchev–Trinajstić information content (AvgIpc) is 2.97. The molecule has 3 atom stereocenters. The fraction of sp³-hybridized carbons (Fsp3) is 0.667. The van der Waals surface area contributed by atoms with Crippen LogP contribution in [-0.2, 0) is 6.42 Å². The van der Waals surface area contributed by atoms with Crippen LogP contribution in [0.5, 0.6) is 0 Å². The molecule has 2 fully saturated rings. The van der Waals surface area contributed by atoms with Crippen molar-refractivity contribution >= 4 is 0 Å². The minimum absolute atomic E-state index is 0.786. The maximum absolute atomic E-state index is 4.42. The second kappa shape index (κ2) is 5.37. The Morgan fingerprint density at radius 2 is 2.33 bits per heavy atom. The van der Waals surface area contributed by atoms with E-state index in [4.69, 9.17) is 0 Å². The van der Waals surface area contributed by atoms with E-state index in [-0.39, 0.29) is 0 Å². The Kier molecular flexibility index (Phi) is 3.62. The van der Waals surface area contributed by atoms with Crippen LogP contribution in [0.3, 0.4) is 0 Å². The molecular formula is C15H23N3. The van der Waals surface area contributed by atoms with Gasteiger partial charge in [-0.3, -0.25) is 9.88 Å². The first-order valence-electron chi connectivity index (χ1n) is 7.23. The van der Waals surface area contributed by atoms with Gasteiger partial charge in [-0.15, -0.1) is 0 Å². The van der Waals surface area contributed by atoms with Crippen LogP contribution in [0, 0.1) is 11.8 Å². The summed E-state index contributed by atoms with van der Waals surface area (Å²) in [6.45, 7) is 7.23. The summed E-state index contributed by atoms with van der Waals surface area (Å²) in [5, 5.41) is 3.54. The standard InChI is InChI=1S/C15H23N3/c1-2-15-14-10-16-9-12(14)11-18(15)8-6-13-5-3-4-7-17-13/h3-5,7,12,14-16H,2,6,8-11H2,1H3. The SMILES string of the molecule is CCC1C2CNCC2CN1CCc1ccccn1. The number of nitrogens with zero attached hydrogens (tertiary/aromatic N) is 2. The van der Waals surface area contributed by atoms with Crippen LogP contribution in [0.1, 0.15) is 19.0 Å². The Balaban J connectivity index is 1.59. The Bertz CT molecular complexity index is 379. The van der Waals surface area contributed by atoms with Crippen molar-refractivity contribution in [2.75, 3.05) is 26.2 Å². The van der Waals surface area contributed by atoms with Crippen molar-refractivity contribution < 1.29 is 0 Å². The van der Waals surface area contributed by atoms with Crippen molar-refractivity contribution in [1.82, 2.24) is 15.2 Å². The molecule has 1 aromatic rings. The lowest BCUT2D eigenvalue weighted by atomic mass is 9.93. The molecule has 18 heavy (non-hydrogen) atoms. The zero-order chi connectivity index (χ0) is 12.4. The summed E-state index contributed by atoms with van der Waals surface area (Å²) in [6, 6.07) is 7.00. The van der Waals surface area contributed by atoms with Crippen molar-refractivity contribution in [1.29, 1.82) is 0 Å². The van der Waals surface area contributed by atoms with Crippen molar-refractivity contribution in [3.05, 3.63) is 30.1 Å². The van der Waals surface area contributed by atoms with E-state index >= 15 is 0 Å². The molecule has 3 heteroatoms. The highest BCUT2D eigenvalue weighted by Crippen LogP contribution is 2.34. The molecule has 3 nitrogen and oxygen atoms in total. The smallest absolute Gasteiger partial charge is 0.0416 e. The molecule has 2 aliphatic rings. The van der Waals surface area contributed by atoms with Gasteiger partial charge in [0.2, 0.25) is 0 Å². The van der Waals surface area contributed by atoms with Crippen LogP contribution in [0.2, 0.25) is 0 Å². The van der Waals surface area contributed by atoms with Crippen LogP contribution in [0.4, 0.5) is 0 Å². The molecule has 0 radical (unpaired) electrons. The fourth-order valence-corrected chi connectivity index (χ4v) is 3.73. The summed E-state index contributed by atoms with van der Waals surface area (Å²) in [7, 11) is 0. The van der Waals surface area contributed by atoms with E-state index in [9.17, 15) is 0 Å². The third kappa shape index (κ3) is 2.29. The summed E-state index contributed by atoms with van der Waals surface area (Å²) in [5.41, 5.74) is 1.22. The lowest BCUT2D eigenvalue weighted by Crippen LogP contribution is -2.36. The van der Waals surface area contributed by atoms with Crippen molar-refractivity contribution in [3.63, 3.8) is 0 Å². The molecule has 2 saturated heterocycles. The predicted octanol–water partition coefficient (Wildman–Crippen LogP) is 1.55. The number of pyridine rings is 1. The second-order valence-corrected chi connectivity index (χ2v) is 5.62. The van der Waals surface area contributed by atoms with Crippen molar-refractivity contribution in [2.45, 2.75) is 25.8 Å². The highest BCUT2D eigenvalue weighted by molar-refractivity contribution is 5.05. The number of nitrogens with one attached hydrogen (secondary N) is 1. The number of hydrogen-bond acceptors (Lipinski definition) is 3. The van der Waals surface area contributed by atoms with E-state index in [0.29, 0.717) is 0 Å². The summed E-state index contributed by atoms with van der Waals surface area (Å²) < 4.78 is 0. The Hall–Kier alpha value is -0.930. The van der Waals surface area contributed by atoms with Gasteiger partial charge in [-0.2, -0.15) is 0 Å². The third-order valence-corrected chi connectivity index (χ3v) is 4.62. The summed E-state index contributed by atoms with van der Waals surface area (Å²) in [5.74, 6) is 1.78. The van der Waals surface area contributed by atoms with E-state index in [2.05, 4.69) is 34.3 Å². The van der Waals surface area contributed by atoms with E-state index in [1.165, 1.54) is 38.3 Å². The van der Waals surface area contributed by atoms with Gasteiger partial charge in [-0.1, -0.05) is 13.0 Å². The largest absolute Gasteiger partial charge is 0.316 e. The number of aromatic nitrogens is 1. The molecule has 98 valence electrons. The summed E-state index contributed by atoms with van der Waals surface area (Å²) in [4.78, 5) is 7.12. The number of fused-ring (bicyclic) bond motifs is 1. The zero-order valence-corrected chi connectivity index (χ0v) is 11.2. The van der Waals surface area contributed by atoms with E-state index < -0.39 is 0 Å². The highest BCUT2D eigenvalue weighted by Gasteiger charge is 2.42. The molecule has 2 aliphatic heterocycles. The fourth-order valence-electron chi connectivity index (χ4n) is 3.73. The summed E-state index contributed by atoms with van der Waals surface area (Å²) >= 11 is 0.